The van der Waals surface area contributed by atoms with Crippen molar-refractivity contribution in [1.82, 2.24) is 0 Å². The molecule has 0 amide bonds. The lowest BCUT2D eigenvalue weighted by Gasteiger charge is -2.44. The van der Waals surface area contributed by atoms with Gasteiger partial charge in [-0.2, -0.15) is 0 Å². The molecular formula is C15H24N2. The zero-order chi connectivity index (χ0) is 12.5. The maximum Gasteiger partial charge on any atom is 0.0396 e. The van der Waals surface area contributed by atoms with Crippen LogP contribution in [-0.2, 0) is 0 Å². The van der Waals surface area contributed by atoms with Crippen molar-refractivity contribution in [3.05, 3.63) is 29.3 Å². The van der Waals surface area contributed by atoms with Crippen molar-refractivity contribution in [2.75, 3.05) is 25.0 Å². The number of nitrogens with zero attached hydrogens (tertiary/aromatic N) is 1. The molecule has 2 heteroatoms. The Bertz CT molecular complexity index is 388. The summed E-state index contributed by atoms with van der Waals surface area (Å²) in [7, 11) is 2.19. The summed E-state index contributed by atoms with van der Waals surface area (Å²) in [5.41, 5.74) is 10.3. The first-order valence-electron chi connectivity index (χ1n) is 6.55. The number of rotatable bonds is 4. The molecule has 0 radical (unpaired) electrons. The van der Waals surface area contributed by atoms with Crippen molar-refractivity contribution in [1.29, 1.82) is 0 Å². The van der Waals surface area contributed by atoms with Crippen molar-refractivity contribution in [3.63, 3.8) is 0 Å². The van der Waals surface area contributed by atoms with Crippen LogP contribution in [0.5, 0.6) is 0 Å². The second-order valence-corrected chi connectivity index (χ2v) is 5.70. The second-order valence-electron chi connectivity index (χ2n) is 5.70. The first-order chi connectivity index (χ1) is 8.06. The molecule has 2 nitrogen and oxygen atoms in total. The van der Waals surface area contributed by atoms with Gasteiger partial charge in [0.05, 0.1) is 0 Å². The number of hydrogen-bond donors (Lipinski definition) is 1. The van der Waals surface area contributed by atoms with Gasteiger partial charge in [0.25, 0.3) is 0 Å². The normalized spacial score (nSPS) is 17.6. The van der Waals surface area contributed by atoms with E-state index in [1.165, 1.54) is 36.1 Å². The summed E-state index contributed by atoms with van der Waals surface area (Å²) < 4.78 is 0. The molecule has 0 aromatic heterocycles. The smallest absolute Gasteiger partial charge is 0.0396 e. The number of hydrogen-bond acceptors (Lipinski definition) is 2. The molecule has 0 spiro atoms. The highest BCUT2D eigenvalue weighted by Gasteiger charge is 2.36. The van der Waals surface area contributed by atoms with Crippen molar-refractivity contribution >= 4 is 5.69 Å². The predicted octanol–water partition coefficient (Wildman–Crippen LogP) is 2.87. The molecule has 1 fully saturated rings. The van der Waals surface area contributed by atoms with E-state index in [1.54, 1.807) is 0 Å². The Hall–Kier alpha value is -1.02. The van der Waals surface area contributed by atoms with Gasteiger partial charge in [-0.25, -0.2) is 0 Å². The molecule has 2 N–H and O–H groups in total. The predicted molar refractivity (Wildman–Crippen MR) is 74.5 cm³/mol. The molecule has 2 rings (SSSR count). The van der Waals surface area contributed by atoms with Crippen LogP contribution in [-0.4, -0.2) is 20.1 Å². The summed E-state index contributed by atoms with van der Waals surface area (Å²) in [4.78, 5) is 2.38. The summed E-state index contributed by atoms with van der Waals surface area (Å²) in [5.74, 6) is 0. The molecule has 1 aliphatic carbocycles. The van der Waals surface area contributed by atoms with Gasteiger partial charge in [-0.3, -0.25) is 0 Å². The molecule has 0 saturated heterocycles. The highest BCUT2D eigenvalue weighted by molar-refractivity contribution is 5.54. The summed E-state index contributed by atoms with van der Waals surface area (Å²) in [6.45, 7) is 6.25. The minimum atomic E-state index is 0.380. The van der Waals surface area contributed by atoms with Crippen LogP contribution in [0.3, 0.4) is 0 Å². The fourth-order valence-electron chi connectivity index (χ4n) is 2.82. The lowest BCUT2D eigenvalue weighted by Crippen LogP contribution is -2.46. The van der Waals surface area contributed by atoms with E-state index in [0.717, 1.165) is 13.1 Å². The van der Waals surface area contributed by atoms with Gasteiger partial charge in [-0.1, -0.05) is 18.6 Å². The third-order valence-electron chi connectivity index (χ3n) is 4.20. The molecule has 0 bridgehead atoms. The Labute approximate surface area is 105 Å². The molecule has 1 aliphatic rings. The summed E-state index contributed by atoms with van der Waals surface area (Å²) >= 11 is 0. The Morgan fingerprint density at radius 2 is 2.00 bits per heavy atom. The van der Waals surface area contributed by atoms with Crippen LogP contribution in [0.25, 0.3) is 0 Å². The van der Waals surface area contributed by atoms with Crippen LogP contribution in [0.2, 0.25) is 0 Å². The SMILES string of the molecule is Cc1ccc(C)c(N(C)CC2(CN)CCC2)c1. The van der Waals surface area contributed by atoms with E-state index in [4.69, 9.17) is 5.73 Å². The van der Waals surface area contributed by atoms with E-state index >= 15 is 0 Å². The molecule has 1 aromatic rings. The van der Waals surface area contributed by atoms with Gasteiger partial charge < -0.3 is 10.6 Å². The number of nitrogens with two attached hydrogens (primary N) is 1. The van der Waals surface area contributed by atoms with Crippen molar-refractivity contribution < 1.29 is 0 Å². The Morgan fingerprint density at radius 1 is 1.29 bits per heavy atom. The fourth-order valence-corrected chi connectivity index (χ4v) is 2.82. The first kappa shape index (κ1) is 12.4. The molecule has 0 atom stereocenters. The third-order valence-corrected chi connectivity index (χ3v) is 4.20. The van der Waals surface area contributed by atoms with Gasteiger partial charge in [-0.05, 0) is 50.4 Å². The van der Waals surface area contributed by atoms with E-state index in [2.05, 4.69) is 44.0 Å². The van der Waals surface area contributed by atoms with Crippen LogP contribution < -0.4 is 10.6 Å². The van der Waals surface area contributed by atoms with E-state index in [9.17, 15) is 0 Å². The molecule has 17 heavy (non-hydrogen) atoms. The second kappa shape index (κ2) is 4.69. The van der Waals surface area contributed by atoms with Crippen molar-refractivity contribution in [3.8, 4) is 0 Å². The summed E-state index contributed by atoms with van der Waals surface area (Å²) in [6.07, 6.45) is 3.93. The number of benzene rings is 1. The van der Waals surface area contributed by atoms with Gasteiger partial charge in [-0.15, -0.1) is 0 Å². The maximum atomic E-state index is 5.94. The van der Waals surface area contributed by atoms with Gasteiger partial charge in [0.2, 0.25) is 0 Å². The third kappa shape index (κ3) is 2.47. The average molecular weight is 232 g/mol. The zero-order valence-corrected chi connectivity index (χ0v) is 11.3. The van der Waals surface area contributed by atoms with E-state index in [0.29, 0.717) is 5.41 Å². The molecule has 0 unspecified atom stereocenters. The minimum absolute atomic E-state index is 0.380. The molecule has 0 aliphatic heterocycles. The summed E-state index contributed by atoms with van der Waals surface area (Å²) in [5, 5.41) is 0. The van der Waals surface area contributed by atoms with E-state index in [1.807, 2.05) is 0 Å². The maximum absolute atomic E-state index is 5.94. The number of anilines is 1. The van der Waals surface area contributed by atoms with Crippen LogP contribution in [0.1, 0.15) is 30.4 Å². The largest absolute Gasteiger partial charge is 0.374 e. The Balaban J connectivity index is 2.13. The van der Waals surface area contributed by atoms with Crippen LogP contribution in [0, 0.1) is 19.3 Å². The Kier molecular flexibility index (Phi) is 3.43. The zero-order valence-electron chi connectivity index (χ0n) is 11.3. The summed E-state index contributed by atoms with van der Waals surface area (Å²) in [6, 6.07) is 6.66. The molecule has 94 valence electrons. The highest BCUT2D eigenvalue weighted by atomic mass is 15.1. The van der Waals surface area contributed by atoms with E-state index in [-0.39, 0.29) is 0 Å². The quantitative estimate of drug-likeness (QED) is 0.865. The Morgan fingerprint density at radius 3 is 2.53 bits per heavy atom. The number of aryl methyl sites for hydroxylation is 2. The average Bonchev–Trinajstić information content (AvgIpc) is 2.26. The lowest BCUT2D eigenvalue weighted by atomic mass is 9.68. The van der Waals surface area contributed by atoms with Crippen molar-refractivity contribution in [2.24, 2.45) is 11.1 Å². The topological polar surface area (TPSA) is 29.3 Å². The molecule has 1 aromatic carbocycles. The van der Waals surface area contributed by atoms with Crippen molar-refractivity contribution in [2.45, 2.75) is 33.1 Å². The van der Waals surface area contributed by atoms with Gasteiger partial charge in [0, 0.05) is 24.7 Å². The van der Waals surface area contributed by atoms with Crippen LogP contribution in [0.15, 0.2) is 18.2 Å². The molecule has 1 saturated carbocycles. The van der Waals surface area contributed by atoms with Gasteiger partial charge in [0.1, 0.15) is 0 Å². The molecule has 0 heterocycles. The highest BCUT2D eigenvalue weighted by Crippen LogP contribution is 2.41. The van der Waals surface area contributed by atoms with Crippen LogP contribution in [0.4, 0.5) is 5.69 Å². The van der Waals surface area contributed by atoms with E-state index < -0.39 is 0 Å². The van der Waals surface area contributed by atoms with Gasteiger partial charge in [0.15, 0.2) is 0 Å². The molecular weight excluding hydrogens is 208 g/mol. The fraction of sp³-hybridized carbons (Fsp3) is 0.600. The first-order valence-corrected chi connectivity index (χ1v) is 6.55. The monoisotopic (exact) mass is 232 g/mol. The van der Waals surface area contributed by atoms with Crippen LogP contribution >= 0.6 is 0 Å². The lowest BCUT2D eigenvalue weighted by molar-refractivity contribution is 0.154. The standard InChI is InChI=1S/C15H24N2/c1-12-5-6-13(2)14(9-12)17(3)11-15(10-16)7-4-8-15/h5-6,9H,4,7-8,10-11,16H2,1-3H3. The van der Waals surface area contributed by atoms with Gasteiger partial charge >= 0.3 is 0 Å². The minimum Gasteiger partial charge on any atom is -0.374 e.